The van der Waals surface area contributed by atoms with Gasteiger partial charge in [-0.3, -0.25) is 4.79 Å². The van der Waals surface area contributed by atoms with E-state index >= 15 is 0 Å². The Hall–Kier alpha value is -3.10. The molecule has 1 aliphatic carbocycles. The maximum absolute atomic E-state index is 13.6. The van der Waals surface area contributed by atoms with Crippen LogP contribution in [0.3, 0.4) is 0 Å². The smallest absolute Gasteiger partial charge is 0.269 e. The van der Waals surface area contributed by atoms with Gasteiger partial charge < -0.3 is 14.6 Å². The van der Waals surface area contributed by atoms with Crippen molar-refractivity contribution >= 4 is 16.6 Å². The number of rotatable bonds is 6. The van der Waals surface area contributed by atoms with Gasteiger partial charge in [0.25, 0.3) is 5.56 Å². The van der Waals surface area contributed by atoms with Gasteiger partial charge in [-0.2, -0.15) is 5.26 Å². The van der Waals surface area contributed by atoms with Crippen LogP contribution in [0, 0.1) is 17.2 Å². The average molecular weight is 442 g/mol. The molecule has 170 valence electrons. The van der Waals surface area contributed by atoms with Gasteiger partial charge in [0.15, 0.2) is 0 Å². The monoisotopic (exact) mass is 441 g/mol. The number of ether oxygens (including phenoxy) is 1. The summed E-state index contributed by atoms with van der Waals surface area (Å²) < 4.78 is 7.28. The molecule has 3 aromatic rings. The van der Waals surface area contributed by atoms with Crippen molar-refractivity contribution in [1.29, 1.82) is 5.26 Å². The summed E-state index contributed by atoms with van der Waals surface area (Å²) in [5.74, 6) is 0.901. The fourth-order valence-electron chi connectivity index (χ4n) is 5.47. The number of pyridine rings is 1. The van der Waals surface area contributed by atoms with Crippen molar-refractivity contribution in [2.45, 2.75) is 51.0 Å². The molecule has 2 aliphatic rings. The third-order valence-corrected chi connectivity index (χ3v) is 7.30. The van der Waals surface area contributed by atoms with Gasteiger partial charge >= 0.3 is 0 Å². The predicted molar refractivity (Wildman–Crippen MR) is 132 cm³/mol. The van der Waals surface area contributed by atoms with E-state index in [1.54, 1.807) is 4.57 Å². The van der Waals surface area contributed by atoms with Crippen LogP contribution in [-0.4, -0.2) is 24.3 Å². The average Bonchev–Trinajstić information content (AvgIpc) is 3.40. The van der Waals surface area contributed by atoms with Crippen molar-refractivity contribution in [2.24, 2.45) is 5.92 Å². The Balaban J connectivity index is 1.60. The van der Waals surface area contributed by atoms with Crippen LogP contribution in [-0.2, 0) is 11.3 Å². The van der Waals surface area contributed by atoms with Crippen LogP contribution in [0.1, 0.15) is 61.1 Å². The lowest BCUT2D eigenvalue weighted by molar-refractivity contribution is 0.0699. The van der Waals surface area contributed by atoms with E-state index in [2.05, 4.69) is 29.6 Å². The molecule has 0 amide bonds. The highest BCUT2D eigenvalue weighted by Gasteiger charge is 2.26. The van der Waals surface area contributed by atoms with Crippen LogP contribution in [0.5, 0.6) is 0 Å². The zero-order valence-corrected chi connectivity index (χ0v) is 19.1. The molecule has 0 unspecified atom stereocenters. The summed E-state index contributed by atoms with van der Waals surface area (Å²) in [6.07, 6.45) is 6.59. The van der Waals surface area contributed by atoms with Crippen LogP contribution in [0.15, 0.2) is 53.3 Å². The molecule has 2 fully saturated rings. The minimum absolute atomic E-state index is 0.169. The summed E-state index contributed by atoms with van der Waals surface area (Å²) >= 11 is 0. The molecule has 2 heterocycles. The Morgan fingerprint density at radius 3 is 2.52 bits per heavy atom. The first kappa shape index (κ1) is 21.7. The maximum atomic E-state index is 13.6. The molecule has 1 saturated heterocycles. The van der Waals surface area contributed by atoms with E-state index in [0.717, 1.165) is 86.0 Å². The van der Waals surface area contributed by atoms with Crippen molar-refractivity contribution in [2.75, 3.05) is 25.1 Å². The number of anilines is 1. The molecule has 0 bridgehead atoms. The lowest BCUT2D eigenvalue weighted by atomic mass is 9.90. The molecule has 0 radical (unpaired) electrons. The molecule has 1 N–H and O–H groups in total. The van der Waals surface area contributed by atoms with Crippen molar-refractivity contribution < 1.29 is 4.74 Å². The Morgan fingerprint density at radius 1 is 1.03 bits per heavy atom. The normalized spacial score (nSPS) is 17.3. The molecular formula is C28H31N3O2. The van der Waals surface area contributed by atoms with Crippen LogP contribution in [0.4, 0.5) is 5.69 Å². The first-order valence-electron chi connectivity index (χ1n) is 12.2. The molecule has 1 aliphatic heterocycles. The first-order chi connectivity index (χ1) is 16.2. The van der Waals surface area contributed by atoms with Gasteiger partial charge in [-0.1, -0.05) is 49.2 Å². The minimum Gasteiger partial charge on any atom is -0.385 e. The first-order valence-corrected chi connectivity index (χ1v) is 12.2. The predicted octanol–water partition coefficient (Wildman–Crippen LogP) is 5.42. The van der Waals surface area contributed by atoms with Gasteiger partial charge in [0.05, 0.1) is 12.1 Å². The van der Waals surface area contributed by atoms with Gasteiger partial charge in [0.1, 0.15) is 11.6 Å². The lowest BCUT2D eigenvalue weighted by Gasteiger charge is -2.23. The third kappa shape index (κ3) is 4.54. The van der Waals surface area contributed by atoms with Gasteiger partial charge in [-0.05, 0) is 60.8 Å². The molecule has 5 rings (SSSR count). The minimum atomic E-state index is -0.169. The highest BCUT2D eigenvalue weighted by molar-refractivity contribution is 5.88. The second-order valence-corrected chi connectivity index (χ2v) is 9.43. The molecule has 5 heteroatoms. The van der Waals surface area contributed by atoms with Crippen LogP contribution in [0.2, 0.25) is 0 Å². The summed E-state index contributed by atoms with van der Waals surface area (Å²) in [5, 5.41) is 14.7. The van der Waals surface area contributed by atoms with Crippen LogP contribution < -0.4 is 10.9 Å². The van der Waals surface area contributed by atoms with Gasteiger partial charge in [0, 0.05) is 30.8 Å². The fraction of sp³-hybridized carbons (Fsp3) is 0.429. The Bertz CT molecular complexity index is 1210. The topological polar surface area (TPSA) is 67.0 Å². The van der Waals surface area contributed by atoms with E-state index in [4.69, 9.17) is 4.74 Å². The van der Waals surface area contributed by atoms with Gasteiger partial charge in [-0.15, -0.1) is 0 Å². The number of hydrogen-bond acceptors (Lipinski definition) is 4. The molecule has 0 spiro atoms. The maximum Gasteiger partial charge on any atom is 0.269 e. The standard InChI is InChI=1S/C28H31N3O2/c29-17-25-27(22-8-4-5-9-22)24-11-10-23(30-18-20-12-14-33-15-13-20)16-26(24)31(28(25)32)19-21-6-2-1-3-7-21/h1-3,6-7,10-11,16,20,22,30H,4-5,8-9,12-15,18-19H2. The molecule has 2 aromatic carbocycles. The molecule has 1 aromatic heterocycles. The lowest BCUT2D eigenvalue weighted by Crippen LogP contribution is -2.26. The molecular weight excluding hydrogens is 410 g/mol. The molecule has 33 heavy (non-hydrogen) atoms. The summed E-state index contributed by atoms with van der Waals surface area (Å²) in [7, 11) is 0. The van der Waals surface area contributed by atoms with Crippen molar-refractivity contribution in [3.63, 3.8) is 0 Å². The van der Waals surface area contributed by atoms with Gasteiger partial charge in [0.2, 0.25) is 0 Å². The second kappa shape index (κ2) is 9.80. The van der Waals surface area contributed by atoms with Gasteiger partial charge in [-0.25, -0.2) is 0 Å². The largest absolute Gasteiger partial charge is 0.385 e. The zero-order valence-electron chi connectivity index (χ0n) is 19.1. The summed E-state index contributed by atoms with van der Waals surface area (Å²) in [6, 6.07) is 18.6. The Morgan fingerprint density at radius 2 is 1.79 bits per heavy atom. The number of nitrogens with one attached hydrogen (secondary N) is 1. The second-order valence-electron chi connectivity index (χ2n) is 9.43. The molecule has 0 atom stereocenters. The van der Waals surface area contributed by atoms with E-state index in [1.807, 2.05) is 30.3 Å². The van der Waals surface area contributed by atoms with E-state index < -0.39 is 0 Å². The molecule has 5 nitrogen and oxygen atoms in total. The number of aromatic nitrogens is 1. The number of benzene rings is 2. The molecule has 1 saturated carbocycles. The number of nitrogens with zero attached hydrogens (tertiary/aromatic N) is 2. The summed E-state index contributed by atoms with van der Waals surface area (Å²) in [4.78, 5) is 13.6. The highest BCUT2D eigenvalue weighted by atomic mass is 16.5. The highest BCUT2D eigenvalue weighted by Crippen LogP contribution is 2.39. The van der Waals surface area contributed by atoms with Crippen LogP contribution in [0.25, 0.3) is 10.9 Å². The SMILES string of the molecule is N#Cc1c(C2CCCC2)c2ccc(NCC3CCOCC3)cc2n(Cc2ccccc2)c1=O. The summed E-state index contributed by atoms with van der Waals surface area (Å²) in [6.45, 7) is 3.04. The van der Waals surface area contributed by atoms with Crippen molar-refractivity contribution in [3.8, 4) is 6.07 Å². The van der Waals surface area contributed by atoms with E-state index in [-0.39, 0.29) is 5.56 Å². The summed E-state index contributed by atoms with van der Waals surface area (Å²) in [5.41, 5.74) is 4.12. The Labute approximate surface area is 195 Å². The zero-order chi connectivity index (χ0) is 22.6. The van der Waals surface area contributed by atoms with E-state index in [9.17, 15) is 10.1 Å². The fourth-order valence-corrected chi connectivity index (χ4v) is 5.47. The number of hydrogen-bond donors (Lipinski definition) is 1. The van der Waals surface area contributed by atoms with E-state index in [1.165, 1.54) is 0 Å². The van der Waals surface area contributed by atoms with E-state index in [0.29, 0.717) is 23.9 Å². The Kier molecular flexibility index (Phi) is 6.46. The number of nitriles is 1. The van der Waals surface area contributed by atoms with Crippen LogP contribution >= 0.6 is 0 Å². The van der Waals surface area contributed by atoms with Crippen molar-refractivity contribution in [3.05, 3.63) is 75.6 Å². The number of fused-ring (bicyclic) bond motifs is 1. The third-order valence-electron chi connectivity index (χ3n) is 7.30. The quantitative estimate of drug-likeness (QED) is 0.555. The van der Waals surface area contributed by atoms with Crippen molar-refractivity contribution in [1.82, 2.24) is 4.57 Å².